The molecule has 0 atom stereocenters. The molecule has 2 heterocycles. The summed E-state index contributed by atoms with van der Waals surface area (Å²) in [6, 6.07) is 6.20. The Morgan fingerprint density at radius 3 is 2.85 bits per heavy atom. The zero-order chi connectivity index (χ0) is 19.4. The predicted octanol–water partition coefficient (Wildman–Crippen LogP) is 3.19. The van der Waals surface area contributed by atoms with Gasteiger partial charge in [-0.1, -0.05) is 40.5 Å². The van der Waals surface area contributed by atoms with Gasteiger partial charge in [0.15, 0.2) is 5.82 Å². The number of aromatic nitrogens is 3. The maximum atomic E-state index is 14.1. The van der Waals surface area contributed by atoms with E-state index in [0.717, 1.165) is 0 Å². The normalized spacial score (nSPS) is 12.4. The summed E-state index contributed by atoms with van der Waals surface area (Å²) in [5.41, 5.74) is 6.55. The van der Waals surface area contributed by atoms with Gasteiger partial charge in [0.2, 0.25) is 0 Å². The van der Waals surface area contributed by atoms with Gasteiger partial charge in [0, 0.05) is 11.6 Å². The first-order valence-corrected chi connectivity index (χ1v) is 8.31. The van der Waals surface area contributed by atoms with Crippen LogP contribution in [0.2, 0.25) is 10.0 Å². The largest absolute Gasteiger partial charge is 0.396 e. The van der Waals surface area contributed by atoms with Crippen molar-refractivity contribution < 1.29 is 8.91 Å². The summed E-state index contributed by atoms with van der Waals surface area (Å²) in [6.07, 6.45) is 3.98. The van der Waals surface area contributed by atoms with Gasteiger partial charge in [0.25, 0.3) is 5.56 Å². The molecule has 0 spiro atoms. The number of hydrogen-bond donors (Lipinski definition) is 2. The molecular formula is C17H12Cl2FN5O2. The SMILES string of the molecule is N/C(=C\C(=NCc1cccc(Cl)c1F)c1ccon1)c1ncc(Cl)c(=O)[nH]1. The van der Waals surface area contributed by atoms with Crippen molar-refractivity contribution in [3.63, 3.8) is 0 Å². The van der Waals surface area contributed by atoms with Crippen LogP contribution in [-0.2, 0) is 6.54 Å². The Morgan fingerprint density at radius 1 is 1.33 bits per heavy atom. The average Bonchev–Trinajstić information content (AvgIpc) is 3.18. The number of H-pyrrole nitrogens is 1. The van der Waals surface area contributed by atoms with E-state index >= 15 is 0 Å². The second-order valence-electron chi connectivity index (χ2n) is 5.31. The fourth-order valence-corrected chi connectivity index (χ4v) is 2.42. The van der Waals surface area contributed by atoms with Crippen LogP contribution in [0, 0.1) is 5.82 Å². The van der Waals surface area contributed by atoms with Crippen LogP contribution in [0.5, 0.6) is 0 Å². The van der Waals surface area contributed by atoms with Crippen molar-refractivity contribution in [1.82, 2.24) is 15.1 Å². The highest BCUT2D eigenvalue weighted by Crippen LogP contribution is 2.19. The molecule has 0 bridgehead atoms. The molecule has 1 aromatic carbocycles. The van der Waals surface area contributed by atoms with Crippen molar-refractivity contribution >= 4 is 34.6 Å². The van der Waals surface area contributed by atoms with E-state index in [1.807, 2.05) is 0 Å². The first-order chi connectivity index (χ1) is 13.0. The monoisotopic (exact) mass is 407 g/mol. The third-order valence-corrected chi connectivity index (χ3v) is 4.03. The highest BCUT2D eigenvalue weighted by atomic mass is 35.5. The van der Waals surface area contributed by atoms with E-state index in [9.17, 15) is 9.18 Å². The number of halogens is 3. The first-order valence-electron chi connectivity index (χ1n) is 7.56. The smallest absolute Gasteiger partial charge is 0.269 e. The number of allylic oxidation sites excluding steroid dienone is 1. The topological polar surface area (TPSA) is 110 Å². The molecule has 3 aromatic rings. The third kappa shape index (κ3) is 4.42. The second-order valence-corrected chi connectivity index (χ2v) is 6.12. The minimum atomic E-state index is -0.553. The van der Waals surface area contributed by atoms with E-state index in [2.05, 4.69) is 20.1 Å². The van der Waals surface area contributed by atoms with Crippen LogP contribution in [-0.4, -0.2) is 20.8 Å². The molecule has 0 unspecified atom stereocenters. The Morgan fingerprint density at radius 2 is 2.15 bits per heavy atom. The van der Waals surface area contributed by atoms with Gasteiger partial charge in [-0.05, 0) is 12.1 Å². The summed E-state index contributed by atoms with van der Waals surface area (Å²) in [7, 11) is 0. The Hall–Kier alpha value is -2.97. The fourth-order valence-electron chi connectivity index (χ4n) is 2.13. The van der Waals surface area contributed by atoms with Crippen LogP contribution in [0.4, 0.5) is 4.39 Å². The third-order valence-electron chi connectivity index (χ3n) is 3.47. The number of nitrogens with zero attached hydrogens (tertiary/aromatic N) is 3. The highest BCUT2D eigenvalue weighted by Gasteiger charge is 2.10. The number of hydrogen-bond acceptors (Lipinski definition) is 6. The number of nitrogens with one attached hydrogen (secondary N) is 1. The molecule has 0 saturated heterocycles. The summed E-state index contributed by atoms with van der Waals surface area (Å²) in [5, 5.41) is 3.75. The quantitative estimate of drug-likeness (QED) is 0.630. The molecule has 10 heteroatoms. The van der Waals surface area contributed by atoms with Gasteiger partial charge < -0.3 is 15.2 Å². The maximum absolute atomic E-state index is 14.1. The Balaban J connectivity index is 1.97. The molecular weight excluding hydrogens is 396 g/mol. The van der Waals surface area contributed by atoms with Crippen LogP contribution < -0.4 is 11.3 Å². The van der Waals surface area contributed by atoms with Crippen LogP contribution in [0.3, 0.4) is 0 Å². The lowest BCUT2D eigenvalue weighted by molar-refractivity contribution is 0.418. The summed E-state index contributed by atoms with van der Waals surface area (Å²) >= 11 is 11.4. The Kier molecular flexibility index (Phi) is 5.68. The molecule has 0 aliphatic heterocycles. The van der Waals surface area contributed by atoms with E-state index < -0.39 is 11.4 Å². The number of nitrogens with two attached hydrogens (primary N) is 1. The van der Waals surface area contributed by atoms with Crippen LogP contribution in [0.1, 0.15) is 17.1 Å². The van der Waals surface area contributed by atoms with Crippen molar-refractivity contribution in [2.75, 3.05) is 0 Å². The van der Waals surface area contributed by atoms with Crippen molar-refractivity contribution in [2.24, 2.45) is 10.7 Å². The molecule has 2 aromatic heterocycles. The Labute approximate surface area is 162 Å². The van der Waals surface area contributed by atoms with Gasteiger partial charge in [0.05, 0.1) is 29.2 Å². The van der Waals surface area contributed by atoms with Crippen LogP contribution in [0.15, 0.2) is 57.1 Å². The van der Waals surface area contributed by atoms with Gasteiger partial charge >= 0.3 is 0 Å². The van der Waals surface area contributed by atoms with Crippen molar-refractivity contribution in [2.45, 2.75) is 6.54 Å². The van der Waals surface area contributed by atoms with Crippen molar-refractivity contribution in [3.05, 3.63) is 86.1 Å². The van der Waals surface area contributed by atoms with Crippen LogP contribution in [0.25, 0.3) is 5.70 Å². The zero-order valence-corrected chi connectivity index (χ0v) is 15.1. The van der Waals surface area contributed by atoms with E-state index in [0.29, 0.717) is 17.0 Å². The molecule has 0 fully saturated rings. The van der Waals surface area contributed by atoms with E-state index in [4.69, 9.17) is 33.5 Å². The molecule has 0 saturated carbocycles. The van der Waals surface area contributed by atoms with E-state index in [-0.39, 0.29) is 28.1 Å². The fraction of sp³-hybridized carbons (Fsp3) is 0.0588. The van der Waals surface area contributed by atoms with Crippen molar-refractivity contribution in [3.8, 4) is 0 Å². The molecule has 27 heavy (non-hydrogen) atoms. The van der Waals surface area contributed by atoms with Gasteiger partial charge in [-0.15, -0.1) is 0 Å². The molecule has 7 nitrogen and oxygen atoms in total. The van der Waals surface area contributed by atoms with E-state index in [1.54, 1.807) is 18.2 Å². The number of aromatic amines is 1. The second kappa shape index (κ2) is 8.15. The van der Waals surface area contributed by atoms with Gasteiger partial charge in [0.1, 0.15) is 22.8 Å². The molecule has 0 radical (unpaired) electrons. The summed E-state index contributed by atoms with van der Waals surface area (Å²) < 4.78 is 18.9. The van der Waals surface area contributed by atoms with Gasteiger partial charge in [-0.2, -0.15) is 0 Å². The number of aliphatic imine (C=N–C) groups is 1. The van der Waals surface area contributed by atoms with Gasteiger partial charge in [-0.3, -0.25) is 9.79 Å². The summed E-state index contributed by atoms with van der Waals surface area (Å²) in [6.45, 7) is -0.0110. The molecule has 3 rings (SSSR count). The standard InChI is InChI=1S/C17H12Cl2FN5O2/c18-10-3-1-2-9(15(10)20)7-22-14(13-4-5-27-25-13)6-12(21)16-23-8-11(19)17(26)24-16/h1-6,8H,7,21H2,(H,23,24,26)/b12-6-,22-14?. The molecule has 3 N–H and O–H groups in total. The van der Waals surface area contributed by atoms with E-state index in [1.165, 1.54) is 24.6 Å². The zero-order valence-electron chi connectivity index (χ0n) is 13.6. The summed E-state index contributed by atoms with van der Waals surface area (Å²) in [5.74, 6) is -0.447. The average molecular weight is 408 g/mol. The van der Waals surface area contributed by atoms with Crippen molar-refractivity contribution in [1.29, 1.82) is 0 Å². The predicted molar refractivity (Wildman–Crippen MR) is 100 cm³/mol. The highest BCUT2D eigenvalue weighted by molar-refractivity contribution is 6.30. The summed E-state index contributed by atoms with van der Waals surface area (Å²) in [4.78, 5) is 22.4. The molecule has 0 amide bonds. The lowest BCUT2D eigenvalue weighted by atomic mass is 10.2. The van der Waals surface area contributed by atoms with Gasteiger partial charge in [-0.25, -0.2) is 9.37 Å². The molecule has 0 aliphatic carbocycles. The minimum Gasteiger partial charge on any atom is -0.396 e. The lowest BCUT2D eigenvalue weighted by Gasteiger charge is -2.04. The maximum Gasteiger partial charge on any atom is 0.269 e. The first kappa shape index (κ1) is 18.8. The minimum absolute atomic E-state index is 0.00341. The van der Waals surface area contributed by atoms with Crippen LogP contribution >= 0.6 is 23.2 Å². The lowest BCUT2D eigenvalue weighted by Crippen LogP contribution is -2.14. The Bertz CT molecular complexity index is 1080. The number of benzene rings is 1. The molecule has 138 valence electrons. The molecule has 0 aliphatic rings. The number of rotatable bonds is 5.